The second-order valence-electron chi connectivity index (χ2n) is 4.19. The summed E-state index contributed by atoms with van der Waals surface area (Å²) in [6, 6.07) is 7.64. The van der Waals surface area contributed by atoms with Crippen molar-refractivity contribution in [3.8, 4) is 5.75 Å². The zero-order valence-corrected chi connectivity index (χ0v) is 8.69. The van der Waals surface area contributed by atoms with E-state index in [0.717, 1.165) is 18.6 Å². The van der Waals surface area contributed by atoms with Gasteiger partial charge in [0.25, 0.3) is 0 Å². The molecule has 1 aliphatic rings. The van der Waals surface area contributed by atoms with Crippen LogP contribution in [-0.2, 0) is 4.79 Å². The topological polar surface area (TPSA) is 46.5 Å². The highest BCUT2D eigenvalue weighted by molar-refractivity contribution is 5.77. The van der Waals surface area contributed by atoms with E-state index < -0.39 is 11.4 Å². The summed E-state index contributed by atoms with van der Waals surface area (Å²) in [5, 5.41) is 8.95. The second kappa shape index (κ2) is 3.57. The van der Waals surface area contributed by atoms with Crippen LogP contribution in [0.2, 0.25) is 0 Å². The number of ether oxygens (including phenoxy) is 1. The lowest BCUT2D eigenvalue weighted by atomic mass is 10.1. The van der Waals surface area contributed by atoms with Crippen LogP contribution in [0.5, 0.6) is 5.75 Å². The van der Waals surface area contributed by atoms with Crippen LogP contribution in [0.25, 0.3) is 0 Å². The molecule has 0 spiro atoms. The minimum absolute atomic E-state index is 0.283. The van der Waals surface area contributed by atoms with Crippen molar-refractivity contribution in [2.45, 2.75) is 19.8 Å². The summed E-state index contributed by atoms with van der Waals surface area (Å²) in [4.78, 5) is 10.9. The van der Waals surface area contributed by atoms with Crippen molar-refractivity contribution in [1.29, 1.82) is 0 Å². The van der Waals surface area contributed by atoms with Crippen molar-refractivity contribution in [3.05, 3.63) is 29.8 Å². The van der Waals surface area contributed by atoms with Gasteiger partial charge in [-0.3, -0.25) is 4.79 Å². The van der Waals surface area contributed by atoms with Gasteiger partial charge >= 0.3 is 5.97 Å². The first-order chi connectivity index (χ1) is 7.12. The molecule has 0 bridgehead atoms. The summed E-state index contributed by atoms with van der Waals surface area (Å²) in [6.45, 7) is 2.29. The number of hydrogen-bond donors (Lipinski definition) is 1. The number of benzene rings is 1. The Balaban J connectivity index is 1.94. The molecule has 0 radical (unpaired) electrons. The average molecular weight is 206 g/mol. The van der Waals surface area contributed by atoms with Gasteiger partial charge in [-0.05, 0) is 31.9 Å². The fourth-order valence-corrected chi connectivity index (χ4v) is 1.43. The van der Waals surface area contributed by atoms with Gasteiger partial charge < -0.3 is 9.84 Å². The minimum atomic E-state index is -0.741. The SMILES string of the molecule is Cc1ccc(OCC2(C(=O)O)CC2)cc1. The van der Waals surface area contributed by atoms with Gasteiger partial charge in [0.1, 0.15) is 17.8 Å². The molecule has 1 fully saturated rings. The molecule has 1 aromatic rings. The zero-order chi connectivity index (χ0) is 10.9. The van der Waals surface area contributed by atoms with Gasteiger partial charge in [0, 0.05) is 0 Å². The molecule has 1 saturated carbocycles. The van der Waals surface area contributed by atoms with Crippen molar-refractivity contribution in [2.75, 3.05) is 6.61 Å². The first kappa shape index (κ1) is 10.0. The fraction of sp³-hybridized carbons (Fsp3) is 0.417. The van der Waals surface area contributed by atoms with E-state index in [-0.39, 0.29) is 6.61 Å². The number of rotatable bonds is 4. The van der Waals surface area contributed by atoms with E-state index in [0.29, 0.717) is 0 Å². The molecule has 0 amide bonds. The van der Waals surface area contributed by atoms with Crippen molar-refractivity contribution in [3.63, 3.8) is 0 Å². The molecule has 80 valence electrons. The summed E-state index contributed by atoms with van der Waals surface area (Å²) < 4.78 is 5.47. The molecule has 15 heavy (non-hydrogen) atoms. The summed E-state index contributed by atoms with van der Waals surface area (Å²) >= 11 is 0. The van der Waals surface area contributed by atoms with E-state index in [1.165, 1.54) is 5.56 Å². The standard InChI is InChI=1S/C12H14O3/c1-9-2-4-10(5-3-9)15-8-12(6-7-12)11(13)14/h2-5H,6-8H2,1H3,(H,13,14). The Morgan fingerprint density at radius 2 is 2.00 bits per heavy atom. The van der Waals surface area contributed by atoms with Gasteiger partial charge in [0.2, 0.25) is 0 Å². The first-order valence-corrected chi connectivity index (χ1v) is 5.05. The van der Waals surface area contributed by atoms with Crippen LogP contribution in [0.1, 0.15) is 18.4 Å². The Morgan fingerprint density at radius 3 is 2.47 bits per heavy atom. The van der Waals surface area contributed by atoms with Gasteiger partial charge in [-0.25, -0.2) is 0 Å². The van der Waals surface area contributed by atoms with Gasteiger partial charge in [-0.2, -0.15) is 0 Å². The molecule has 0 heterocycles. The lowest BCUT2D eigenvalue weighted by Gasteiger charge is -2.11. The Kier molecular flexibility index (Phi) is 2.39. The fourth-order valence-electron chi connectivity index (χ4n) is 1.43. The molecule has 3 nitrogen and oxygen atoms in total. The molecule has 1 aromatic carbocycles. The van der Waals surface area contributed by atoms with Gasteiger partial charge in [0.05, 0.1) is 0 Å². The van der Waals surface area contributed by atoms with Crippen LogP contribution in [0.4, 0.5) is 0 Å². The smallest absolute Gasteiger partial charge is 0.313 e. The number of hydrogen-bond acceptors (Lipinski definition) is 2. The molecule has 1 N–H and O–H groups in total. The maximum absolute atomic E-state index is 10.9. The van der Waals surface area contributed by atoms with E-state index in [9.17, 15) is 4.79 Å². The molecule has 0 atom stereocenters. The average Bonchev–Trinajstić information content (AvgIpc) is 2.98. The summed E-state index contributed by atoms with van der Waals surface area (Å²) in [7, 11) is 0. The number of carbonyl (C=O) groups is 1. The highest BCUT2D eigenvalue weighted by Gasteiger charge is 2.51. The van der Waals surface area contributed by atoms with Gasteiger partial charge in [-0.15, -0.1) is 0 Å². The highest BCUT2D eigenvalue weighted by atomic mass is 16.5. The van der Waals surface area contributed by atoms with Crippen LogP contribution in [-0.4, -0.2) is 17.7 Å². The molecular formula is C12H14O3. The van der Waals surface area contributed by atoms with Crippen LogP contribution >= 0.6 is 0 Å². The second-order valence-corrected chi connectivity index (χ2v) is 4.19. The largest absolute Gasteiger partial charge is 0.492 e. The summed E-state index contributed by atoms with van der Waals surface area (Å²) in [6.07, 6.45) is 1.46. The monoisotopic (exact) mass is 206 g/mol. The van der Waals surface area contributed by atoms with Crippen LogP contribution in [0, 0.1) is 12.3 Å². The lowest BCUT2D eigenvalue weighted by molar-refractivity contribution is -0.144. The molecule has 1 aliphatic carbocycles. The Bertz CT molecular complexity index is 363. The zero-order valence-electron chi connectivity index (χ0n) is 8.69. The van der Waals surface area contributed by atoms with E-state index >= 15 is 0 Å². The molecule has 2 rings (SSSR count). The third-order valence-corrected chi connectivity index (χ3v) is 2.84. The summed E-state index contributed by atoms with van der Waals surface area (Å²) in [5.74, 6) is 0.00253. The number of carboxylic acid groups (broad SMARTS) is 1. The molecule has 0 saturated heterocycles. The Hall–Kier alpha value is -1.51. The third-order valence-electron chi connectivity index (χ3n) is 2.84. The third kappa shape index (κ3) is 2.12. The molecule has 0 unspecified atom stereocenters. The normalized spacial score (nSPS) is 17.1. The van der Waals surface area contributed by atoms with Crippen molar-refractivity contribution in [2.24, 2.45) is 5.41 Å². The molecule has 0 aromatic heterocycles. The van der Waals surface area contributed by atoms with E-state index in [2.05, 4.69) is 0 Å². The quantitative estimate of drug-likeness (QED) is 0.821. The lowest BCUT2D eigenvalue weighted by Crippen LogP contribution is -2.22. The van der Waals surface area contributed by atoms with Gasteiger partial charge in [0.15, 0.2) is 0 Å². The molecule has 3 heteroatoms. The van der Waals surface area contributed by atoms with E-state index in [1.54, 1.807) is 0 Å². The minimum Gasteiger partial charge on any atom is -0.492 e. The molecule has 0 aliphatic heterocycles. The first-order valence-electron chi connectivity index (χ1n) is 5.05. The predicted octanol–water partition coefficient (Wildman–Crippen LogP) is 2.24. The van der Waals surface area contributed by atoms with Crippen molar-refractivity contribution >= 4 is 5.97 Å². The number of aryl methyl sites for hydroxylation is 1. The van der Waals surface area contributed by atoms with E-state index in [4.69, 9.17) is 9.84 Å². The Morgan fingerprint density at radius 1 is 1.40 bits per heavy atom. The van der Waals surface area contributed by atoms with Crippen LogP contribution in [0.15, 0.2) is 24.3 Å². The van der Waals surface area contributed by atoms with Crippen LogP contribution in [0.3, 0.4) is 0 Å². The van der Waals surface area contributed by atoms with E-state index in [1.807, 2.05) is 31.2 Å². The number of aliphatic carboxylic acids is 1. The summed E-state index contributed by atoms with van der Waals surface area (Å²) in [5.41, 5.74) is 0.562. The van der Waals surface area contributed by atoms with Gasteiger partial charge in [-0.1, -0.05) is 17.7 Å². The maximum atomic E-state index is 10.9. The highest BCUT2D eigenvalue weighted by Crippen LogP contribution is 2.46. The Labute approximate surface area is 88.7 Å². The predicted molar refractivity (Wildman–Crippen MR) is 56.0 cm³/mol. The van der Waals surface area contributed by atoms with Crippen molar-refractivity contribution in [1.82, 2.24) is 0 Å². The van der Waals surface area contributed by atoms with Crippen molar-refractivity contribution < 1.29 is 14.6 Å². The molecular weight excluding hydrogens is 192 g/mol. The van der Waals surface area contributed by atoms with Crippen LogP contribution < -0.4 is 4.74 Å². The number of carboxylic acids is 1. The maximum Gasteiger partial charge on any atom is 0.313 e.